The van der Waals surface area contributed by atoms with Gasteiger partial charge in [0.15, 0.2) is 0 Å². The monoisotopic (exact) mass is 431 g/mol. The molecule has 29 heavy (non-hydrogen) atoms. The van der Waals surface area contributed by atoms with E-state index >= 15 is 0 Å². The zero-order chi connectivity index (χ0) is 21.0. The lowest BCUT2D eigenvalue weighted by Gasteiger charge is -2.14. The fourth-order valence-electron chi connectivity index (χ4n) is 2.91. The van der Waals surface area contributed by atoms with Gasteiger partial charge in [0, 0.05) is 26.2 Å². The zero-order valence-electron chi connectivity index (χ0n) is 16.8. The minimum atomic E-state index is -3.54. The first-order chi connectivity index (χ1) is 13.8. The summed E-state index contributed by atoms with van der Waals surface area (Å²) in [6, 6.07) is 12.8. The van der Waals surface area contributed by atoms with Gasteiger partial charge in [-0.1, -0.05) is 18.2 Å². The van der Waals surface area contributed by atoms with Crippen LogP contribution in [0.15, 0.2) is 47.4 Å². The van der Waals surface area contributed by atoms with E-state index in [1.807, 2.05) is 25.1 Å². The molecule has 0 saturated carbocycles. The van der Waals surface area contributed by atoms with Gasteiger partial charge in [0.25, 0.3) is 0 Å². The summed E-state index contributed by atoms with van der Waals surface area (Å²) in [5, 5.41) is 3.93. The maximum Gasteiger partial charge on any atom is 0.242 e. The number of fused-ring (bicyclic) bond motifs is 1. The number of sulfonamides is 1. The Morgan fingerprint density at radius 2 is 1.90 bits per heavy atom. The van der Waals surface area contributed by atoms with Crippen molar-refractivity contribution in [2.24, 2.45) is 0 Å². The number of rotatable bonds is 8. The molecule has 0 aliphatic heterocycles. The van der Waals surface area contributed by atoms with Gasteiger partial charge >= 0.3 is 0 Å². The lowest BCUT2D eigenvalue weighted by Crippen LogP contribution is -2.22. The van der Waals surface area contributed by atoms with Gasteiger partial charge in [-0.05, 0) is 56.0 Å². The first-order valence-corrected chi connectivity index (χ1v) is 11.7. The first-order valence-electron chi connectivity index (χ1n) is 9.45. The van der Waals surface area contributed by atoms with Gasteiger partial charge in [-0.2, -0.15) is 0 Å². The highest BCUT2D eigenvalue weighted by atomic mass is 32.2. The Bertz CT molecular complexity index is 1090. The minimum absolute atomic E-state index is 0.114. The van der Waals surface area contributed by atoms with Crippen LogP contribution >= 0.6 is 11.3 Å². The van der Waals surface area contributed by atoms with E-state index in [0.717, 1.165) is 39.7 Å². The second-order valence-electron chi connectivity index (χ2n) is 7.09. The van der Waals surface area contributed by atoms with Crippen molar-refractivity contribution >= 4 is 43.2 Å². The van der Waals surface area contributed by atoms with E-state index in [9.17, 15) is 13.2 Å². The van der Waals surface area contributed by atoms with Crippen LogP contribution in [0.1, 0.15) is 29.8 Å². The molecule has 154 valence electrons. The number of benzene rings is 2. The smallest absolute Gasteiger partial charge is 0.242 e. The molecular weight excluding hydrogens is 406 g/mol. The summed E-state index contributed by atoms with van der Waals surface area (Å²) in [4.78, 5) is 17.1. The van der Waals surface area contributed by atoms with Gasteiger partial charge in [0.05, 0.1) is 20.1 Å². The minimum Gasteiger partial charge on any atom is -0.326 e. The summed E-state index contributed by atoms with van der Waals surface area (Å²) in [5.41, 5.74) is 2.38. The van der Waals surface area contributed by atoms with Crippen LogP contribution in [0.5, 0.6) is 0 Å². The first kappa shape index (κ1) is 21.4. The number of carbonyl (C=O) groups is 1. The number of hydrogen-bond donors (Lipinski definition) is 1. The van der Waals surface area contributed by atoms with E-state index < -0.39 is 10.0 Å². The number of nitrogens with zero attached hydrogens (tertiary/aromatic N) is 2. The van der Waals surface area contributed by atoms with Crippen molar-refractivity contribution in [3.63, 3.8) is 0 Å². The molecule has 3 rings (SSSR count). The van der Waals surface area contributed by atoms with Crippen molar-refractivity contribution in [1.82, 2.24) is 9.29 Å². The van der Waals surface area contributed by atoms with Crippen molar-refractivity contribution in [3.8, 4) is 0 Å². The number of anilines is 1. The molecule has 3 aromatic rings. The molecule has 0 spiro atoms. The van der Waals surface area contributed by atoms with E-state index in [0.29, 0.717) is 12.1 Å². The van der Waals surface area contributed by atoms with Gasteiger partial charge in [-0.25, -0.2) is 17.7 Å². The third kappa shape index (κ3) is 5.20. The molecule has 2 aromatic carbocycles. The molecule has 0 radical (unpaired) electrons. The highest BCUT2D eigenvalue weighted by Crippen LogP contribution is 2.24. The Morgan fingerprint density at radius 1 is 1.14 bits per heavy atom. The Morgan fingerprint density at radius 3 is 2.62 bits per heavy atom. The van der Waals surface area contributed by atoms with Crippen LogP contribution in [0, 0.1) is 6.92 Å². The topological polar surface area (TPSA) is 79.4 Å². The number of nitrogens with one attached hydrogen (secondary N) is 1. The van der Waals surface area contributed by atoms with Crippen molar-refractivity contribution in [2.45, 2.75) is 37.5 Å². The molecule has 1 heterocycles. The summed E-state index contributed by atoms with van der Waals surface area (Å²) >= 11 is 1.69. The maximum absolute atomic E-state index is 12.3. The summed E-state index contributed by atoms with van der Waals surface area (Å²) < 4.78 is 26.9. The summed E-state index contributed by atoms with van der Waals surface area (Å²) in [5.74, 6) is -0.114. The standard InChI is InChI=1S/C21H25N3O3S2/c1-15-12-13-16(29(26,27)24(2)3)14-18(15)22-20(25)10-6-7-11-21-23-17-8-4-5-9-19(17)28-21/h4-5,8-9,12-14H,6-7,10-11H2,1-3H3,(H,22,25). The molecule has 0 atom stereocenters. The van der Waals surface area contributed by atoms with Gasteiger partial charge in [0.2, 0.25) is 15.9 Å². The van der Waals surface area contributed by atoms with Crippen molar-refractivity contribution < 1.29 is 13.2 Å². The predicted octanol–water partition coefficient (Wildman–Crippen LogP) is 4.21. The van der Waals surface area contributed by atoms with Crippen LogP contribution < -0.4 is 5.32 Å². The van der Waals surface area contributed by atoms with Crippen LogP contribution in [-0.2, 0) is 21.2 Å². The van der Waals surface area contributed by atoms with Gasteiger partial charge in [-0.3, -0.25) is 4.79 Å². The fraction of sp³-hybridized carbons (Fsp3) is 0.333. The Hall–Kier alpha value is -2.29. The molecular formula is C21H25N3O3S2. The number of carbonyl (C=O) groups excluding carboxylic acids is 1. The molecule has 0 aliphatic carbocycles. The number of aryl methyl sites for hydroxylation is 2. The number of para-hydroxylation sites is 1. The second kappa shape index (κ2) is 9.02. The quantitative estimate of drug-likeness (QED) is 0.542. The number of thiazole rings is 1. The summed E-state index contributed by atoms with van der Waals surface area (Å²) in [6.45, 7) is 1.84. The Balaban J connectivity index is 1.54. The number of amides is 1. The molecule has 0 fully saturated rings. The zero-order valence-corrected chi connectivity index (χ0v) is 18.4. The predicted molar refractivity (Wildman–Crippen MR) is 118 cm³/mol. The van der Waals surface area contributed by atoms with Gasteiger partial charge in [-0.15, -0.1) is 11.3 Å². The largest absolute Gasteiger partial charge is 0.326 e. The summed E-state index contributed by atoms with van der Waals surface area (Å²) in [7, 11) is -0.568. The highest BCUT2D eigenvalue weighted by Gasteiger charge is 2.18. The van der Waals surface area contributed by atoms with E-state index in [1.54, 1.807) is 23.5 Å². The SMILES string of the molecule is Cc1ccc(S(=O)(=O)N(C)C)cc1NC(=O)CCCCc1nc2ccccc2s1. The van der Waals surface area contributed by atoms with Crippen molar-refractivity contribution in [1.29, 1.82) is 0 Å². The second-order valence-corrected chi connectivity index (χ2v) is 10.4. The third-order valence-electron chi connectivity index (χ3n) is 4.64. The number of hydrogen-bond acceptors (Lipinski definition) is 5. The molecule has 0 unspecified atom stereocenters. The highest BCUT2D eigenvalue weighted by molar-refractivity contribution is 7.89. The average Bonchev–Trinajstić information content (AvgIpc) is 3.09. The van der Waals surface area contributed by atoms with E-state index in [-0.39, 0.29) is 10.8 Å². The maximum atomic E-state index is 12.3. The molecule has 1 amide bonds. The van der Waals surface area contributed by atoms with Crippen molar-refractivity contribution in [2.75, 3.05) is 19.4 Å². The molecule has 0 saturated heterocycles. The molecule has 8 heteroatoms. The summed E-state index contributed by atoms with van der Waals surface area (Å²) in [6.07, 6.45) is 2.86. The average molecular weight is 432 g/mol. The molecule has 0 bridgehead atoms. The van der Waals surface area contributed by atoms with Crippen LogP contribution in [-0.4, -0.2) is 37.7 Å². The Labute approximate surface area is 175 Å². The van der Waals surface area contributed by atoms with E-state index in [2.05, 4.69) is 16.4 Å². The third-order valence-corrected chi connectivity index (χ3v) is 7.55. The van der Waals surface area contributed by atoms with Crippen LogP contribution in [0.4, 0.5) is 5.69 Å². The lowest BCUT2D eigenvalue weighted by molar-refractivity contribution is -0.116. The molecule has 1 N–H and O–H groups in total. The lowest BCUT2D eigenvalue weighted by atomic mass is 10.1. The van der Waals surface area contributed by atoms with E-state index in [4.69, 9.17) is 0 Å². The normalized spacial score (nSPS) is 11.9. The van der Waals surface area contributed by atoms with Crippen LogP contribution in [0.25, 0.3) is 10.2 Å². The van der Waals surface area contributed by atoms with E-state index in [1.165, 1.54) is 24.9 Å². The molecule has 0 aliphatic rings. The fourth-order valence-corrected chi connectivity index (χ4v) is 4.85. The van der Waals surface area contributed by atoms with Crippen LogP contribution in [0.3, 0.4) is 0 Å². The van der Waals surface area contributed by atoms with Gasteiger partial charge < -0.3 is 5.32 Å². The number of aromatic nitrogens is 1. The van der Waals surface area contributed by atoms with Crippen molar-refractivity contribution in [3.05, 3.63) is 53.0 Å². The van der Waals surface area contributed by atoms with Gasteiger partial charge in [0.1, 0.15) is 0 Å². The molecule has 1 aromatic heterocycles. The number of unbranched alkanes of at least 4 members (excludes halogenated alkanes) is 1. The molecule has 6 nitrogen and oxygen atoms in total. The Kier molecular flexibility index (Phi) is 6.66. The van der Waals surface area contributed by atoms with Crippen LogP contribution in [0.2, 0.25) is 0 Å².